The summed E-state index contributed by atoms with van der Waals surface area (Å²) >= 11 is 0. The largest absolute Gasteiger partial charge is 0.462 e. The molecule has 0 saturated heterocycles. The van der Waals surface area contributed by atoms with Crippen LogP contribution in [0.1, 0.15) is 51.2 Å². The number of rotatable bonds is 25. The molecular weight excluding hydrogens is 702 g/mol. The SMILES string of the molecule is CCCCC(=O)N(Cc1ccc(-c2ccccc2/C(N)=N/N(N)C(=O)OCCOCCO[N+](=O)[O-])cc1)C(C(=O)OCCOCCO[N+](=O)[O-])C(C)C. The second-order valence-corrected chi connectivity index (χ2v) is 11.5. The minimum Gasteiger partial charge on any atom is -0.462 e. The van der Waals surface area contributed by atoms with Gasteiger partial charge < -0.3 is 39.3 Å². The average molecular weight is 750 g/mol. The second kappa shape index (κ2) is 23.8. The minimum atomic E-state index is -1.02. The van der Waals surface area contributed by atoms with Gasteiger partial charge in [-0.1, -0.05) is 75.7 Å². The molecule has 1 atom stereocenters. The number of esters is 1. The Bertz CT molecular complexity index is 1510. The first-order chi connectivity index (χ1) is 25.3. The van der Waals surface area contributed by atoms with Crippen LogP contribution in [0.5, 0.6) is 0 Å². The van der Waals surface area contributed by atoms with Crippen molar-refractivity contribution in [2.75, 3.05) is 52.9 Å². The predicted molar refractivity (Wildman–Crippen MR) is 187 cm³/mol. The normalized spacial score (nSPS) is 11.8. The number of hydrazone groups is 1. The number of amides is 2. The molecule has 2 aromatic carbocycles. The molecule has 0 radical (unpaired) electrons. The zero-order chi connectivity index (χ0) is 39.2. The van der Waals surface area contributed by atoms with Crippen molar-refractivity contribution in [1.29, 1.82) is 0 Å². The van der Waals surface area contributed by atoms with Crippen molar-refractivity contribution in [1.82, 2.24) is 10.0 Å². The van der Waals surface area contributed by atoms with E-state index >= 15 is 0 Å². The number of hydrogen-bond donors (Lipinski definition) is 2. The van der Waals surface area contributed by atoms with Gasteiger partial charge in [-0.15, -0.1) is 30.4 Å². The standard InChI is InChI=1S/C33H47N7O13/c1-4-5-10-29(41)37(30(24(2)3)32(42)50-19-15-48-17-21-52-39(44)45)23-25-11-13-26(14-12-25)27-8-6-7-9-28(27)31(34)36-38(35)33(43)51-20-16-49-18-22-53-40(46)47/h6-9,11-14,24,30H,4-5,10,15-23,35H2,1-3H3,(H2,34,36). The molecule has 2 amide bonds. The zero-order valence-electron chi connectivity index (χ0n) is 30.0. The van der Waals surface area contributed by atoms with E-state index < -0.39 is 28.3 Å². The highest BCUT2D eigenvalue weighted by molar-refractivity contribution is 6.03. The molecule has 1 unspecified atom stereocenters. The van der Waals surface area contributed by atoms with Crippen LogP contribution >= 0.6 is 0 Å². The van der Waals surface area contributed by atoms with Crippen LogP contribution in [0.4, 0.5) is 4.79 Å². The Morgan fingerprint density at radius 1 is 0.830 bits per heavy atom. The van der Waals surface area contributed by atoms with Crippen LogP contribution in [0.15, 0.2) is 53.6 Å². The van der Waals surface area contributed by atoms with E-state index in [9.17, 15) is 34.6 Å². The first kappa shape index (κ1) is 43.6. The third-order valence-corrected chi connectivity index (χ3v) is 7.27. The molecular formula is C33H47N7O13. The molecule has 0 heterocycles. The van der Waals surface area contributed by atoms with Crippen molar-refractivity contribution in [3.8, 4) is 11.1 Å². The highest BCUT2D eigenvalue weighted by atomic mass is 17.0. The number of ether oxygens (including phenoxy) is 4. The Labute approximate surface area is 306 Å². The van der Waals surface area contributed by atoms with Gasteiger partial charge >= 0.3 is 12.1 Å². The van der Waals surface area contributed by atoms with Crippen molar-refractivity contribution in [2.24, 2.45) is 22.6 Å². The van der Waals surface area contributed by atoms with Gasteiger partial charge in [0.25, 0.3) is 10.2 Å². The molecule has 0 bridgehead atoms. The third-order valence-electron chi connectivity index (χ3n) is 7.27. The molecule has 292 valence electrons. The van der Waals surface area contributed by atoms with Crippen LogP contribution < -0.4 is 11.6 Å². The first-order valence-corrected chi connectivity index (χ1v) is 16.8. The topological polar surface area (TPSA) is 264 Å². The summed E-state index contributed by atoms with van der Waals surface area (Å²) in [4.78, 5) is 69.2. The van der Waals surface area contributed by atoms with Gasteiger partial charge in [-0.3, -0.25) is 4.79 Å². The van der Waals surface area contributed by atoms with Crippen molar-refractivity contribution in [2.45, 2.75) is 52.6 Å². The summed E-state index contributed by atoms with van der Waals surface area (Å²) < 4.78 is 20.7. The van der Waals surface area contributed by atoms with Crippen LogP contribution in [0.2, 0.25) is 0 Å². The Kier molecular flexibility index (Phi) is 19.6. The summed E-state index contributed by atoms with van der Waals surface area (Å²) in [6.45, 7) is 4.70. The number of nitrogens with zero attached hydrogens (tertiary/aromatic N) is 5. The molecule has 20 nitrogen and oxygen atoms in total. The van der Waals surface area contributed by atoms with Gasteiger partial charge in [0.1, 0.15) is 32.5 Å². The maximum absolute atomic E-state index is 13.5. The summed E-state index contributed by atoms with van der Waals surface area (Å²) in [6.07, 6.45) is 0.662. The molecule has 53 heavy (non-hydrogen) atoms. The summed E-state index contributed by atoms with van der Waals surface area (Å²) in [5, 5.41) is 22.9. The fourth-order valence-electron chi connectivity index (χ4n) is 4.81. The summed E-state index contributed by atoms with van der Waals surface area (Å²) in [6, 6.07) is 13.4. The monoisotopic (exact) mass is 749 g/mol. The molecule has 0 aliphatic rings. The number of benzene rings is 2. The Morgan fingerprint density at radius 2 is 1.40 bits per heavy atom. The van der Waals surface area contributed by atoms with Gasteiger partial charge in [-0.25, -0.2) is 15.4 Å². The maximum Gasteiger partial charge on any atom is 0.445 e. The van der Waals surface area contributed by atoms with Gasteiger partial charge in [-0.05, 0) is 29.0 Å². The molecule has 0 aliphatic carbocycles. The van der Waals surface area contributed by atoms with Crippen molar-refractivity contribution < 1.29 is 53.2 Å². The smallest absolute Gasteiger partial charge is 0.445 e. The highest BCUT2D eigenvalue weighted by Gasteiger charge is 2.33. The van der Waals surface area contributed by atoms with Gasteiger partial charge in [0, 0.05) is 18.5 Å². The summed E-state index contributed by atoms with van der Waals surface area (Å²) in [5.74, 6) is 4.58. The second-order valence-electron chi connectivity index (χ2n) is 11.5. The number of hydrazine groups is 1. The number of carbonyl (C=O) groups is 3. The first-order valence-electron chi connectivity index (χ1n) is 16.8. The molecule has 4 N–H and O–H groups in total. The molecule has 0 saturated carbocycles. The van der Waals surface area contributed by atoms with E-state index in [-0.39, 0.29) is 83.5 Å². The number of nitrogens with two attached hydrogens (primary N) is 2. The predicted octanol–water partition coefficient (Wildman–Crippen LogP) is 2.82. The van der Waals surface area contributed by atoms with Crippen molar-refractivity contribution in [3.63, 3.8) is 0 Å². The van der Waals surface area contributed by atoms with Crippen LogP contribution in [-0.4, -0.2) is 103 Å². The average Bonchev–Trinajstić information content (AvgIpc) is 3.12. The number of unbranched alkanes of at least 4 members (excludes halogenated alkanes) is 1. The van der Waals surface area contributed by atoms with Gasteiger partial charge in [0.05, 0.1) is 26.4 Å². The quantitative estimate of drug-likeness (QED) is 0.0216. The Morgan fingerprint density at radius 3 is 1.96 bits per heavy atom. The van der Waals surface area contributed by atoms with Gasteiger partial charge in [0.2, 0.25) is 5.91 Å². The fourth-order valence-corrected chi connectivity index (χ4v) is 4.81. The number of hydrogen-bond acceptors (Lipinski definition) is 15. The van der Waals surface area contributed by atoms with E-state index in [1.54, 1.807) is 24.3 Å². The molecule has 2 aromatic rings. The Hall–Kier alpha value is -5.60. The Balaban J connectivity index is 2.14. The fraction of sp³-hybridized carbons (Fsp3) is 0.515. The van der Waals surface area contributed by atoms with Crippen LogP contribution in [0.25, 0.3) is 11.1 Å². The molecule has 0 fully saturated rings. The lowest BCUT2D eigenvalue weighted by molar-refractivity contribution is -0.758. The van der Waals surface area contributed by atoms with Crippen molar-refractivity contribution >= 4 is 23.8 Å². The van der Waals surface area contributed by atoms with E-state index in [1.165, 1.54) is 4.90 Å². The van der Waals surface area contributed by atoms with Crippen LogP contribution in [-0.2, 0) is 44.8 Å². The number of carbonyl (C=O) groups excluding carboxylic acids is 3. The third kappa shape index (κ3) is 16.1. The highest BCUT2D eigenvalue weighted by Crippen LogP contribution is 2.26. The summed E-state index contributed by atoms with van der Waals surface area (Å²) in [5.41, 5.74) is 8.85. The molecule has 2 rings (SSSR count). The molecule has 0 aliphatic heterocycles. The van der Waals surface area contributed by atoms with E-state index in [0.29, 0.717) is 22.7 Å². The van der Waals surface area contributed by atoms with Gasteiger partial charge in [-0.2, -0.15) is 0 Å². The van der Waals surface area contributed by atoms with E-state index in [2.05, 4.69) is 14.8 Å². The van der Waals surface area contributed by atoms with E-state index in [0.717, 1.165) is 17.5 Å². The lowest BCUT2D eigenvalue weighted by Gasteiger charge is -2.33. The maximum atomic E-state index is 13.5. The molecule has 0 aromatic heterocycles. The molecule has 0 spiro atoms. The molecule has 20 heteroatoms. The van der Waals surface area contributed by atoms with E-state index in [1.807, 2.05) is 45.0 Å². The lowest BCUT2D eigenvalue weighted by atomic mass is 9.97. The minimum absolute atomic E-state index is 0.00428. The van der Waals surface area contributed by atoms with Gasteiger partial charge in [0.15, 0.2) is 5.84 Å². The summed E-state index contributed by atoms with van der Waals surface area (Å²) in [7, 11) is 0. The lowest BCUT2D eigenvalue weighted by Crippen LogP contribution is -2.48. The van der Waals surface area contributed by atoms with E-state index in [4.69, 9.17) is 30.5 Å². The number of amidine groups is 1. The van der Waals surface area contributed by atoms with Crippen molar-refractivity contribution in [3.05, 3.63) is 79.9 Å². The van der Waals surface area contributed by atoms with Crippen LogP contribution in [0.3, 0.4) is 0 Å². The zero-order valence-corrected chi connectivity index (χ0v) is 30.0. The van der Waals surface area contributed by atoms with Crippen LogP contribution in [0, 0.1) is 26.1 Å².